The molecule has 0 amide bonds. The molecule has 1 aromatic heterocycles. The van der Waals surface area contributed by atoms with Gasteiger partial charge in [0, 0.05) is 7.05 Å². The quantitative estimate of drug-likeness (QED) is 0.799. The van der Waals surface area contributed by atoms with Crippen molar-refractivity contribution in [2.75, 3.05) is 0 Å². The van der Waals surface area contributed by atoms with Crippen LogP contribution in [0.2, 0.25) is 5.15 Å². The number of imidazole rings is 1. The first-order valence-electron chi connectivity index (χ1n) is 3.16. The van der Waals surface area contributed by atoms with Crippen LogP contribution in [0.3, 0.4) is 0 Å². The number of carboxylic acids is 1. The van der Waals surface area contributed by atoms with Crippen LogP contribution in [0, 0.1) is 0 Å². The summed E-state index contributed by atoms with van der Waals surface area (Å²) in [5, 5.41) is 8.14. The van der Waals surface area contributed by atoms with Crippen LogP contribution in [0.5, 0.6) is 0 Å². The van der Waals surface area contributed by atoms with Crippen LogP contribution in [0.4, 0.5) is 8.78 Å². The van der Waals surface area contributed by atoms with E-state index < -0.39 is 17.7 Å². The van der Waals surface area contributed by atoms with Gasteiger partial charge in [0.25, 0.3) is 0 Å². The van der Waals surface area contributed by atoms with E-state index in [1.807, 2.05) is 0 Å². The third-order valence-electron chi connectivity index (χ3n) is 1.48. The van der Waals surface area contributed by atoms with E-state index in [9.17, 15) is 13.6 Å². The summed E-state index contributed by atoms with van der Waals surface area (Å²) in [5.41, 5.74) is 0. The van der Waals surface area contributed by atoms with Crippen molar-refractivity contribution in [3.63, 3.8) is 0 Å². The molecule has 0 aliphatic carbocycles. The minimum absolute atomic E-state index is 0.0454. The van der Waals surface area contributed by atoms with Gasteiger partial charge in [0.2, 0.25) is 0 Å². The smallest absolute Gasteiger partial charge is 0.399 e. The first-order valence-corrected chi connectivity index (χ1v) is 3.54. The maximum absolute atomic E-state index is 12.8. The predicted octanol–water partition coefficient (Wildman–Crippen LogP) is 1.25. The lowest BCUT2D eigenvalue weighted by atomic mass is 10.3. The molecule has 1 aromatic rings. The van der Waals surface area contributed by atoms with E-state index in [1.54, 1.807) is 0 Å². The fourth-order valence-corrected chi connectivity index (χ4v) is 0.905. The largest absolute Gasteiger partial charge is 0.476 e. The van der Waals surface area contributed by atoms with E-state index in [2.05, 4.69) is 4.98 Å². The second kappa shape index (κ2) is 2.95. The molecule has 7 heteroatoms. The van der Waals surface area contributed by atoms with Gasteiger partial charge >= 0.3 is 11.9 Å². The molecule has 72 valence electrons. The average Bonchev–Trinajstić information content (AvgIpc) is 2.33. The number of hydrogen-bond acceptors (Lipinski definition) is 2. The van der Waals surface area contributed by atoms with Gasteiger partial charge in [-0.15, -0.1) is 0 Å². The number of carboxylic acid groups (broad SMARTS) is 1. The van der Waals surface area contributed by atoms with E-state index in [1.165, 1.54) is 7.05 Å². The molecule has 0 saturated carbocycles. The molecule has 1 N–H and O–H groups in total. The van der Waals surface area contributed by atoms with Crippen LogP contribution in [0.15, 0.2) is 6.20 Å². The Morgan fingerprint density at radius 2 is 2.31 bits per heavy atom. The molecule has 0 aromatic carbocycles. The van der Waals surface area contributed by atoms with Gasteiger partial charge in [-0.3, -0.25) is 0 Å². The third kappa shape index (κ3) is 1.49. The average molecular weight is 211 g/mol. The Labute approximate surface area is 76.8 Å². The summed E-state index contributed by atoms with van der Waals surface area (Å²) in [7, 11) is 1.21. The number of hydrogen-bond donors (Lipinski definition) is 1. The van der Waals surface area contributed by atoms with Crippen LogP contribution in [-0.2, 0) is 17.8 Å². The van der Waals surface area contributed by atoms with Gasteiger partial charge in [0.05, 0.1) is 6.20 Å². The van der Waals surface area contributed by atoms with Crippen molar-refractivity contribution >= 4 is 17.6 Å². The highest BCUT2D eigenvalue weighted by molar-refractivity contribution is 6.29. The molecule has 1 heterocycles. The van der Waals surface area contributed by atoms with Crippen molar-refractivity contribution in [2.45, 2.75) is 5.92 Å². The SMILES string of the molecule is Cn1c(Cl)cnc1C(F)(F)C(=O)O. The number of alkyl halides is 2. The fourth-order valence-electron chi connectivity index (χ4n) is 0.776. The van der Waals surface area contributed by atoms with Crippen molar-refractivity contribution < 1.29 is 18.7 Å². The van der Waals surface area contributed by atoms with Crippen LogP contribution < -0.4 is 0 Å². The van der Waals surface area contributed by atoms with Crippen molar-refractivity contribution in [1.82, 2.24) is 9.55 Å². The molecular weight excluding hydrogens is 206 g/mol. The Bertz CT molecular complexity index is 350. The Morgan fingerprint density at radius 1 is 1.77 bits per heavy atom. The van der Waals surface area contributed by atoms with Crippen LogP contribution in [0.25, 0.3) is 0 Å². The zero-order valence-corrected chi connectivity index (χ0v) is 7.22. The summed E-state index contributed by atoms with van der Waals surface area (Å²) in [5.74, 6) is -7.15. The topological polar surface area (TPSA) is 55.1 Å². The molecule has 0 aliphatic heterocycles. The minimum Gasteiger partial charge on any atom is -0.476 e. The zero-order valence-electron chi connectivity index (χ0n) is 6.46. The van der Waals surface area contributed by atoms with Crippen LogP contribution in [0.1, 0.15) is 5.82 Å². The Morgan fingerprint density at radius 3 is 2.62 bits per heavy atom. The molecule has 0 radical (unpaired) electrons. The molecule has 0 saturated heterocycles. The summed E-state index contributed by atoms with van der Waals surface area (Å²) >= 11 is 5.41. The predicted molar refractivity (Wildman–Crippen MR) is 39.7 cm³/mol. The van der Waals surface area contributed by atoms with E-state index in [0.29, 0.717) is 0 Å². The van der Waals surface area contributed by atoms with Gasteiger partial charge in [-0.1, -0.05) is 11.6 Å². The molecule has 0 aliphatic rings. The van der Waals surface area contributed by atoms with Crippen molar-refractivity contribution in [3.05, 3.63) is 17.2 Å². The van der Waals surface area contributed by atoms with Crippen molar-refractivity contribution in [1.29, 1.82) is 0 Å². The number of aliphatic carboxylic acids is 1. The summed E-state index contributed by atoms with van der Waals surface area (Å²) in [6.45, 7) is 0. The first kappa shape index (κ1) is 9.91. The number of nitrogens with zero attached hydrogens (tertiary/aromatic N) is 2. The molecule has 4 nitrogen and oxygen atoms in total. The second-order valence-electron chi connectivity index (χ2n) is 2.34. The Kier molecular flexibility index (Phi) is 2.25. The standard InChI is InChI=1S/C6H5ClF2N2O2/c1-11-3(7)2-10-4(11)6(8,9)5(12)13/h2H,1H3,(H,12,13). The molecule has 0 unspecified atom stereocenters. The fraction of sp³-hybridized carbons (Fsp3) is 0.333. The molecule has 0 spiro atoms. The number of rotatable bonds is 2. The summed E-state index contributed by atoms with van der Waals surface area (Å²) in [4.78, 5) is 13.3. The third-order valence-corrected chi connectivity index (χ3v) is 1.83. The number of halogens is 3. The highest BCUT2D eigenvalue weighted by Crippen LogP contribution is 2.28. The van der Waals surface area contributed by atoms with E-state index in [4.69, 9.17) is 16.7 Å². The van der Waals surface area contributed by atoms with Crippen molar-refractivity contribution in [2.24, 2.45) is 7.05 Å². The summed E-state index contributed by atoms with van der Waals surface area (Å²) in [6, 6.07) is 0. The lowest BCUT2D eigenvalue weighted by molar-refractivity contribution is -0.167. The molecule has 13 heavy (non-hydrogen) atoms. The lowest BCUT2D eigenvalue weighted by Crippen LogP contribution is -2.28. The molecule has 1 rings (SSSR count). The van der Waals surface area contributed by atoms with E-state index in [-0.39, 0.29) is 5.15 Å². The number of carbonyl (C=O) groups is 1. The maximum atomic E-state index is 12.8. The molecule has 0 fully saturated rings. The van der Waals surface area contributed by atoms with Gasteiger partial charge in [0.1, 0.15) is 5.15 Å². The van der Waals surface area contributed by atoms with Gasteiger partial charge in [0.15, 0.2) is 5.82 Å². The highest BCUT2D eigenvalue weighted by atomic mass is 35.5. The van der Waals surface area contributed by atoms with Gasteiger partial charge < -0.3 is 9.67 Å². The summed E-state index contributed by atoms with van der Waals surface area (Å²) < 4.78 is 26.4. The Hall–Kier alpha value is -1.17. The summed E-state index contributed by atoms with van der Waals surface area (Å²) in [6.07, 6.45) is 0.966. The van der Waals surface area contributed by atoms with Gasteiger partial charge in [-0.2, -0.15) is 8.78 Å². The first-order chi connectivity index (χ1) is 5.87. The van der Waals surface area contributed by atoms with Crippen LogP contribution >= 0.6 is 11.6 Å². The van der Waals surface area contributed by atoms with E-state index in [0.717, 1.165) is 10.8 Å². The lowest BCUT2D eigenvalue weighted by Gasteiger charge is -2.10. The highest BCUT2D eigenvalue weighted by Gasteiger charge is 2.45. The minimum atomic E-state index is -4.01. The molecule has 0 bridgehead atoms. The van der Waals surface area contributed by atoms with Crippen LogP contribution in [-0.4, -0.2) is 20.6 Å². The molecule has 0 atom stereocenters. The normalized spacial score (nSPS) is 11.7. The van der Waals surface area contributed by atoms with E-state index >= 15 is 0 Å². The van der Waals surface area contributed by atoms with Crippen molar-refractivity contribution in [3.8, 4) is 0 Å². The second-order valence-corrected chi connectivity index (χ2v) is 2.73. The number of aromatic nitrogens is 2. The van der Waals surface area contributed by atoms with Gasteiger partial charge in [-0.05, 0) is 0 Å². The maximum Gasteiger partial charge on any atom is 0.399 e. The molecular formula is C6H5ClF2N2O2. The Balaban J connectivity index is 3.22. The zero-order chi connectivity index (χ0) is 10.2. The van der Waals surface area contributed by atoms with Gasteiger partial charge in [-0.25, -0.2) is 9.78 Å². The monoisotopic (exact) mass is 210 g/mol.